The molecule has 0 radical (unpaired) electrons. The highest BCUT2D eigenvalue weighted by atomic mass is 16.2. The largest absolute Gasteiger partial charge is 0.352 e. The molecule has 0 atom stereocenters. The molecule has 1 saturated heterocycles. The minimum atomic E-state index is -0.0823. The van der Waals surface area contributed by atoms with Gasteiger partial charge in [-0.3, -0.25) is 4.79 Å². The molecule has 0 bridgehead atoms. The third-order valence-electron chi connectivity index (χ3n) is 6.60. The lowest BCUT2D eigenvalue weighted by atomic mass is 10.0. The summed E-state index contributed by atoms with van der Waals surface area (Å²) in [6.45, 7) is 2.29. The van der Waals surface area contributed by atoms with E-state index in [4.69, 9.17) is 0 Å². The third-order valence-corrected chi connectivity index (χ3v) is 6.60. The van der Waals surface area contributed by atoms with Crippen LogP contribution in [0.4, 0.5) is 5.82 Å². The fourth-order valence-electron chi connectivity index (χ4n) is 4.75. The Hall–Kier alpha value is -3.67. The maximum atomic E-state index is 13.4. The molecule has 1 amide bonds. The Balaban J connectivity index is 1.23. The van der Waals surface area contributed by atoms with Gasteiger partial charge in [-0.25, -0.2) is 9.97 Å². The summed E-state index contributed by atoms with van der Waals surface area (Å²) in [7, 11) is 0. The second-order valence-corrected chi connectivity index (χ2v) is 8.48. The van der Waals surface area contributed by atoms with Crippen molar-refractivity contribution in [2.24, 2.45) is 0 Å². The minimum absolute atomic E-state index is 0.0823. The van der Waals surface area contributed by atoms with E-state index in [1.807, 2.05) is 54.7 Å². The molecule has 31 heavy (non-hydrogen) atoms. The van der Waals surface area contributed by atoms with Gasteiger partial charge in [-0.2, -0.15) is 0 Å². The van der Waals surface area contributed by atoms with Crippen LogP contribution in [0, 0.1) is 0 Å². The van der Waals surface area contributed by atoms with Crippen molar-refractivity contribution in [3.05, 3.63) is 78.8 Å². The van der Waals surface area contributed by atoms with Crippen LogP contribution in [0.5, 0.6) is 0 Å². The number of carbonyl (C=O) groups is 1. The lowest BCUT2D eigenvalue weighted by Crippen LogP contribution is -2.57. The van der Waals surface area contributed by atoms with Gasteiger partial charge in [0.1, 0.15) is 17.8 Å². The molecule has 6 nitrogen and oxygen atoms in total. The van der Waals surface area contributed by atoms with Gasteiger partial charge in [0.2, 0.25) is 0 Å². The van der Waals surface area contributed by atoms with Crippen LogP contribution in [0.2, 0.25) is 0 Å². The highest BCUT2D eigenvalue weighted by Crippen LogP contribution is 2.46. The first kappa shape index (κ1) is 18.1. The van der Waals surface area contributed by atoms with Gasteiger partial charge in [-0.15, -0.1) is 0 Å². The Bertz CT molecular complexity index is 1240. The smallest absolute Gasteiger partial charge is 0.254 e. The van der Waals surface area contributed by atoms with Crippen LogP contribution in [-0.2, 0) is 0 Å². The van der Waals surface area contributed by atoms with E-state index in [1.54, 1.807) is 6.33 Å². The van der Waals surface area contributed by atoms with Crippen molar-refractivity contribution in [1.29, 1.82) is 0 Å². The molecule has 6 heteroatoms. The normalized spacial score (nSPS) is 17.3. The summed E-state index contributed by atoms with van der Waals surface area (Å²) in [4.78, 5) is 29.8. The van der Waals surface area contributed by atoms with E-state index in [9.17, 15) is 4.79 Å². The molecule has 1 N–H and O–H groups in total. The number of nitrogens with zero attached hydrogens (tertiary/aromatic N) is 4. The Morgan fingerprint density at radius 3 is 2.45 bits per heavy atom. The van der Waals surface area contributed by atoms with Crippen molar-refractivity contribution in [3.8, 4) is 11.1 Å². The van der Waals surface area contributed by atoms with Gasteiger partial charge in [-0.05, 0) is 42.2 Å². The predicted octanol–water partition coefficient (Wildman–Crippen LogP) is 4.12. The molecule has 2 aromatic heterocycles. The molecule has 6 rings (SSSR count). The summed E-state index contributed by atoms with van der Waals surface area (Å²) in [6.07, 6.45) is 5.59. The second kappa shape index (κ2) is 6.94. The SMILES string of the molecule is O=C(c1ccc(-c2ccccc2)cc1)N1CCN(c2ncnc3[nH]ccc23)CC12CC2. The molecule has 2 aliphatic rings. The molecule has 1 spiro atoms. The summed E-state index contributed by atoms with van der Waals surface area (Å²) >= 11 is 0. The number of hydrogen-bond acceptors (Lipinski definition) is 4. The molecule has 2 aromatic carbocycles. The summed E-state index contributed by atoms with van der Waals surface area (Å²) in [5, 5.41) is 1.04. The summed E-state index contributed by atoms with van der Waals surface area (Å²) in [5.74, 6) is 1.09. The molecular weight excluding hydrogens is 386 g/mol. The monoisotopic (exact) mass is 409 g/mol. The zero-order valence-corrected chi connectivity index (χ0v) is 17.2. The highest BCUT2D eigenvalue weighted by Gasteiger charge is 2.53. The van der Waals surface area contributed by atoms with Gasteiger partial charge in [0, 0.05) is 31.4 Å². The molecule has 1 saturated carbocycles. The van der Waals surface area contributed by atoms with Gasteiger partial charge >= 0.3 is 0 Å². The van der Waals surface area contributed by atoms with Crippen LogP contribution in [0.1, 0.15) is 23.2 Å². The van der Waals surface area contributed by atoms with Crippen LogP contribution < -0.4 is 4.90 Å². The van der Waals surface area contributed by atoms with Crippen LogP contribution in [0.15, 0.2) is 73.2 Å². The number of anilines is 1. The number of aromatic amines is 1. The summed E-state index contributed by atoms with van der Waals surface area (Å²) in [6, 6.07) is 20.3. The van der Waals surface area contributed by atoms with E-state index in [2.05, 4.69) is 36.9 Å². The molecule has 2 fully saturated rings. The van der Waals surface area contributed by atoms with E-state index in [0.717, 1.165) is 59.5 Å². The maximum Gasteiger partial charge on any atom is 0.254 e. The van der Waals surface area contributed by atoms with Crippen LogP contribution >= 0.6 is 0 Å². The van der Waals surface area contributed by atoms with Crippen molar-refractivity contribution >= 4 is 22.8 Å². The average Bonchev–Trinajstić information content (AvgIpc) is 3.40. The number of hydrogen-bond donors (Lipinski definition) is 1. The van der Waals surface area contributed by atoms with Crippen molar-refractivity contribution < 1.29 is 4.79 Å². The van der Waals surface area contributed by atoms with Gasteiger partial charge < -0.3 is 14.8 Å². The van der Waals surface area contributed by atoms with Gasteiger partial charge in [-0.1, -0.05) is 42.5 Å². The Morgan fingerprint density at radius 1 is 0.903 bits per heavy atom. The Kier molecular flexibility index (Phi) is 4.06. The van der Waals surface area contributed by atoms with Gasteiger partial charge in [0.05, 0.1) is 10.9 Å². The first-order valence-corrected chi connectivity index (χ1v) is 10.7. The Morgan fingerprint density at radius 2 is 1.68 bits per heavy atom. The molecule has 0 unspecified atom stereocenters. The fourth-order valence-corrected chi connectivity index (χ4v) is 4.75. The van der Waals surface area contributed by atoms with E-state index < -0.39 is 0 Å². The minimum Gasteiger partial charge on any atom is -0.352 e. The van der Waals surface area contributed by atoms with Gasteiger partial charge in [0.15, 0.2) is 0 Å². The summed E-state index contributed by atoms with van der Waals surface area (Å²) < 4.78 is 0. The standard InChI is InChI=1S/C25H23N5O/c31-24(20-8-6-19(7-9-20)18-4-2-1-3-5-18)30-15-14-29(16-25(30)11-12-25)23-21-10-13-26-22(21)27-17-28-23/h1-10,13,17H,11-12,14-16H2,(H,26,27,28). The number of benzene rings is 2. The molecule has 3 heterocycles. The molecule has 1 aliphatic heterocycles. The second-order valence-electron chi connectivity index (χ2n) is 8.48. The first-order chi connectivity index (χ1) is 15.2. The number of nitrogens with one attached hydrogen (secondary N) is 1. The predicted molar refractivity (Wildman–Crippen MR) is 121 cm³/mol. The van der Waals surface area contributed by atoms with E-state index in [-0.39, 0.29) is 11.4 Å². The zero-order valence-electron chi connectivity index (χ0n) is 17.2. The molecule has 1 aliphatic carbocycles. The van der Waals surface area contributed by atoms with E-state index in [0.29, 0.717) is 6.54 Å². The number of carbonyl (C=O) groups excluding carboxylic acids is 1. The number of H-pyrrole nitrogens is 1. The van der Waals surface area contributed by atoms with Crippen molar-refractivity contribution in [2.45, 2.75) is 18.4 Å². The number of amides is 1. The topological polar surface area (TPSA) is 65.1 Å². The van der Waals surface area contributed by atoms with Crippen LogP contribution in [-0.4, -0.2) is 50.9 Å². The van der Waals surface area contributed by atoms with E-state index in [1.165, 1.54) is 0 Å². The summed E-state index contributed by atoms with van der Waals surface area (Å²) in [5.41, 5.74) is 3.82. The van der Waals surface area contributed by atoms with Crippen molar-refractivity contribution in [1.82, 2.24) is 19.9 Å². The number of piperazine rings is 1. The average molecular weight is 409 g/mol. The maximum absolute atomic E-state index is 13.4. The van der Waals surface area contributed by atoms with Crippen LogP contribution in [0.25, 0.3) is 22.2 Å². The number of aromatic nitrogens is 3. The number of fused-ring (bicyclic) bond motifs is 1. The Labute approximate surface area is 180 Å². The molecule has 4 aromatic rings. The quantitative estimate of drug-likeness (QED) is 0.553. The third kappa shape index (κ3) is 3.06. The van der Waals surface area contributed by atoms with Crippen molar-refractivity contribution in [3.63, 3.8) is 0 Å². The first-order valence-electron chi connectivity index (χ1n) is 10.7. The zero-order chi connectivity index (χ0) is 20.8. The lowest BCUT2D eigenvalue weighted by Gasteiger charge is -2.43. The fraction of sp³-hybridized carbons (Fsp3) is 0.240. The number of rotatable bonds is 3. The lowest BCUT2D eigenvalue weighted by molar-refractivity contribution is 0.0624. The van der Waals surface area contributed by atoms with Crippen LogP contribution in [0.3, 0.4) is 0 Å². The molecule has 154 valence electrons. The van der Waals surface area contributed by atoms with E-state index >= 15 is 0 Å². The van der Waals surface area contributed by atoms with Gasteiger partial charge in [0.25, 0.3) is 5.91 Å². The van der Waals surface area contributed by atoms with Crippen molar-refractivity contribution in [2.75, 3.05) is 24.5 Å². The molecular formula is C25H23N5O. The highest BCUT2D eigenvalue weighted by molar-refractivity contribution is 5.96.